The van der Waals surface area contributed by atoms with Crippen LogP contribution in [0.15, 0.2) is 34.8 Å². The average molecular weight is 314 g/mol. The summed E-state index contributed by atoms with van der Waals surface area (Å²) in [5.74, 6) is -0.232. The molecule has 1 unspecified atom stereocenters. The van der Waals surface area contributed by atoms with Gasteiger partial charge >= 0.3 is 0 Å². The van der Waals surface area contributed by atoms with Crippen LogP contribution in [0.1, 0.15) is 21.4 Å². The summed E-state index contributed by atoms with van der Waals surface area (Å²) < 4.78 is 14.0. The highest BCUT2D eigenvalue weighted by Gasteiger charge is 2.10. The van der Waals surface area contributed by atoms with Gasteiger partial charge in [-0.15, -0.1) is 11.3 Å². The van der Waals surface area contributed by atoms with E-state index in [0.29, 0.717) is 6.42 Å². The zero-order chi connectivity index (χ0) is 12.4. The Morgan fingerprint density at radius 2 is 2.12 bits per heavy atom. The molecule has 0 aliphatic heterocycles. The van der Waals surface area contributed by atoms with Crippen molar-refractivity contribution >= 4 is 27.3 Å². The fourth-order valence-corrected chi connectivity index (χ4v) is 3.13. The molecule has 1 aromatic carbocycles. The number of nitrogens with two attached hydrogens (primary N) is 1. The lowest BCUT2D eigenvalue weighted by Gasteiger charge is -2.10. The van der Waals surface area contributed by atoms with E-state index >= 15 is 0 Å². The van der Waals surface area contributed by atoms with Crippen molar-refractivity contribution in [1.29, 1.82) is 0 Å². The summed E-state index contributed by atoms with van der Waals surface area (Å²) in [5, 5.41) is 0. The Labute approximate surface area is 113 Å². The van der Waals surface area contributed by atoms with Gasteiger partial charge in [0.1, 0.15) is 5.82 Å². The number of aryl methyl sites for hydroxylation is 1. The molecule has 2 N–H and O–H groups in total. The quantitative estimate of drug-likeness (QED) is 0.903. The van der Waals surface area contributed by atoms with E-state index < -0.39 is 0 Å². The number of rotatable bonds is 3. The number of hydrogen-bond donors (Lipinski definition) is 1. The van der Waals surface area contributed by atoms with Gasteiger partial charge in [0.25, 0.3) is 0 Å². The lowest BCUT2D eigenvalue weighted by Crippen LogP contribution is -2.11. The van der Waals surface area contributed by atoms with Gasteiger partial charge < -0.3 is 5.73 Å². The third kappa shape index (κ3) is 3.37. The van der Waals surface area contributed by atoms with Crippen LogP contribution >= 0.6 is 27.3 Å². The lowest BCUT2D eigenvalue weighted by atomic mass is 10.1. The summed E-state index contributed by atoms with van der Waals surface area (Å²) in [6, 6.07) is 8.92. The zero-order valence-electron chi connectivity index (χ0n) is 9.41. The second-order valence-electron chi connectivity index (χ2n) is 4.04. The number of benzene rings is 1. The van der Waals surface area contributed by atoms with Crippen molar-refractivity contribution < 1.29 is 4.39 Å². The van der Waals surface area contributed by atoms with Crippen molar-refractivity contribution in [3.63, 3.8) is 0 Å². The van der Waals surface area contributed by atoms with Crippen LogP contribution in [-0.4, -0.2) is 0 Å². The molecule has 2 aromatic rings. The molecule has 0 saturated heterocycles. The molecule has 0 aliphatic rings. The first-order valence-corrected chi connectivity index (χ1v) is 6.92. The Morgan fingerprint density at radius 1 is 1.35 bits per heavy atom. The Bertz CT molecular complexity index is 504. The zero-order valence-corrected chi connectivity index (χ0v) is 11.8. The molecule has 1 atom stereocenters. The molecular weight excluding hydrogens is 301 g/mol. The molecule has 1 aromatic heterocycles. The molecule has 1 nitrogen and oxygen atoms in total. The van der Waals surface area contributed by atoms with Gasteiger partial charge in [-0.05, 0) is 49.2 Å². The van der Waals surface area contributed by atoms with E-state index in [-0.39, 0.29) is 11.9 Å². The maximum Gasteiger partial charge on any atom is 0.124 e. The normalized spacial score (nSPS) is 12.7. The standard InChI is InChI=1S/C13H13BrFNS/c1-8-2-3-13(17-8)12(16)6-9-4-10(14)7-11(15)5-9/h2-5,7,12H,6,16H2,1H3. The van der Waals surface area contributed by atoms with Crippen LogP contribution in [0.4, 0.5) is 4.39 Å². The molecule has 2 rings (SSSR count). The predicted molar refractivity (Wildman–Crippen MR) is 73.8 cm³/mol. The maximum atomic E-state index is 13.2. The smallest absolute Gasteiger partial charge is 0.124 e. The third-order valence-electron chi connectivity index (χ3n) is 2.50. The van der Waals surface area contributed by atoms with Crippen molar-refractivity contribution in [3.8, 4) is 0 Å². The molecule has 0 aliphatic carbocycles. The van der Waals surface area contributed by atoms with Crippen LogP contribution in [0.25, 0.3) is 0 Å². The van der Waals surface area contributed by atoms with Crippen molar-refractivity contribution in [3.05, 3.63) is 55.9 Å². The van der Waals surface area contributed by atoms with Crippen LogP contribution < -0.4 is 5.73 Å². The van der Waals surface area contributed by atoms with E-state index in [1.807, 2.05) is 12.1 Å². The van der Waals surface area contributed by atoms with Gasteiger partial charge in [-0.3, -0.25) is 0 Å². The van der Waals surface area contributed by atoms with Gasteiger partial charge in [0, 0.05) is 20.3 Å². The molecule has 0 saturated carbocycles. The Morgan fingerprint density at radius 3 is 2.71 bits per heavy atom. The van der Waals surface area contributed by atoms with E-state index in [1.54, 1.807) is 11.3 Å². The topological polar surface area (TPSA) is 26.0 Å². The van der Waals surface area contributed by atoms with Gasteiger partial charge in [0.2, 0.25) is 0 Å². The molecule has 0 fully saturated rings. The predicted octanol–water partition coefficient (Wildman–Crippen LogP) is 4.20. The highest BCUT2D eigenvalue weighted by atomic mass is 79.9. The van der Waals surface area contributed by atoms with E-state index in [4.69, 9.17) is 5.73 Å². The Balaban J connectivity index is 2.15. The molecule has 0 spiro atoms. The SMILES string of the molecule is Cc1ccc(C(N)Cc2cc(F)cc(Br)c2)s1. The van der Waals surface area contributed by atoms with Gasteiger partial charge in [-0.1, -0.05) is 15.9 Å². The summed E-state index contributed by atoms with van der Waals surface area (Å²) in [6.45, 7) is 2.06. The van der Waals surface area contributed by atoms with Crippen molar-refractivity contribution in [2.75, 3.05) is 0 Å². The van der Waals surface area contributed by atoms with E-state index in [9.17, 15) is 4.39 Å². The van der Waals surface area contributed by atoms with Crippen LogP contribution in [0.3, 0.4) is 0 Å². The molecule has 90 valence electrons. The number of hydrogen-bond acceptors (Lipinski definition) is 2. The number of thiophene rings is 1. The molecule has 17 heavy (non-hydrogen) atoms. The fourth-order valence-electron chi connectivity index (χ4n) is 1.74. The Hall–Kier alpha value is -0.710. The second-order valence-corrected chi connectivity index (χ2v) is 6.27. The minimum atomic E-state index is -0.232. The first-order chi connectivity index (χ1) is 8.04. The summed E-state index contributed by atoms with van der Waals surface area (Å²) in [5.41, 5.74) is 7.03. The van der Waals surface area contributed by atoms with Gasteiger partial charge in [-0.2, -0.15) is 0 Å². The molecule has 0 amide bonds. The van der Waals surface area contributed by atoms with Crippen LogP contribution in [0, 0.1) is 12.7 Å². The lowest BCUT2D eigenvalue weighted by molar-refractivity contribution is 0.621. The Kier molecular flexibility index (Phi) is 3.97. The molecule has 0 bridgehead atoms. The van der Waals surface area contributed by atoms with Crippen molar-refractivity contribution in [2.24, 2.45) is 5.73 Å². The van der Waals surface area contributed by atoms with Gasteiger partial charge in [0.05, 0.1) is 0 Å². The van der Waals surface area contributed by atoms with Crippen molar-refractivity contribution in [1.82, 2.24) is 0 Å². The highest BCUT2D eigenvalue weighted by molar-refractivity contribution is 9.10. The van der Waals surface area contributed by atoms with E-state index in [2.05, 4.69) is 28.9 Å². The average Bonchev–Trinajstić information content (AvgIpc) is 2.63. The maximum absolute atomic E-state index is 13.2. The first kappa shape index (κ1) is 12.7. The van der Waals surface area contributed by atoms with Gasteiger partial charge in [-0.25, -0.2) is 4.39 Å². The summed E-state index contributed by atoms with van der Waals surface area (Å²) in [4.78, 5) is 2.39. The third-order valence-corrected chi connectivity index (χ3v) is 4.09. The van der Waals surface area contributed by atoms with Crippen LogP contribution in [0.5, 0.6) is 0 Å². The largest absolute Gasteiger partial charge is 0.323 e. The van der Waals surface area contributed by atoms with Gasteiger partial charge in [0.15, 0.2) is 0 Å². The summed E-state index contributed by atoms with van der Waals surface area (Å²) in [7, 11) is 0. The second kappa shape index (κ2) is 5.29. The first-order valence-electron chi connectivity index (χ1n) is 5.31. The van der Waals surface area contributed by atoms with Crippen LogP contribution in [0.2, 0.25) is 0 Å². The molecule has 1 heterocycles. The molecule has 0 radical (unpaired) electrons. The fraction of sp³-hybridized carbons (Fsp3) is 0.231. The molecular formula is C13H13BrFNS. The highest BCUT2D eigenvalue weighted by Crippen LogP contribution is 2.25. The van der Waals surface area contributed by atoms with Crippen LogP contribution in [-0.2, 0) is 6.42 Å². The minimum Gasteiger partial charge on any atom is -0.323 e. The summed E-state index contributed by atoms with van der Waals surface area (Å²) in [6.07, 6.45) is 0.649. The monoisotopic (exact) mass is 313 g/mol. The number of halogens is 2. The minimum absolute atomic E-state index is 0.0672. The summed E-state index contributed by atoms with van der Waals surface area (Å²) >= 11 is 4.98. The van der Waals surface area contributed by atoms with E-state index in [0.717, 1.165) is 14.9 Å². The van der Waals surface area contributed by atoms with E-state index in [1.165, 1.54) is 17.0 Å². The molecule has 4 heteroatoms. The van der Waals surface area contributed by atoms with Crippen molar-refractivity contribution in [2.45, 2.75) is 19.4 Å².